The standard InChI is InChI=1S/C27H28N6O2/c34-32-17-21-2-1-19-13-20(3-4-23(19)21)24-14-25(35-26(24)18-5-7-28-8-6-18)22-15-30-27(31-16-22)33-11-9-29-10-12-33/h3-8,13-16,21,29,32,34H,1-2,9-12,17H2. The van der Waals surface area contributed by atoms with E-state index in [4.69, 9.17) is 9.62 Å². The van der Waals surface area contributed by atoms with Crippen LogP contribution in [0.15, 0.2) is 65.6 Å². The second-order valence-corrected chi connectivity index (χ2v) is 9.11. The summed E-state index contributed by atoms with van der Waals surface area (Å²) < 4.78 is 6.43. The van der Waals surface area contributed by atoms with E-state index in [2.05, 4.69) is 54.9 Å². The minimum absolute atomic E-state index is 0.343. The lowest BCUT2D eigenvalue weighted by molar-refractivity contribution is 0.159. The first-order chi connectivity index (χ1) is 17.3. The Bertz CT molecular complexity index is 1300. The highest BCUT2D eigenvalue weighted by Crippen LogP contribution is 2.41. The number of fused-ring (bicyclic) bond motifs is 1. The Balaban J connectivity index is 1.37. The summed E-state index contributed by atoms with van der Waals surface area (Å²) in [7, 11) is 0. The first-order valence-corrected chi connectivity index (χ1v) is 12.1. The number of rotatable bonds is 6. The number of hydrogen-bond donors (Lipinski definition) is 3. The van der Waals surface area contributed by atoms with Crippen molar-refractivity contribution in [3.63, 3.8) is 0 Å². The first kappa shape index (κ1) is 21.9. The van der Waals surface area contributed by atoms with Crippen molar-refractivity contribution < 1.29 is 9.62 Å². The molecule has 1 atom stereocenters. The third-order valence-corrected chi connectivity index (χ3v) is 6.99. The molecule has 178 valence electrons. The molecule has 8 heteroatoms. The van der Waals surface area contributed by atoms with Gasteiger partial charge in [0.2, 0.25) is 5.95 Å². The zero-order valence-corrected chi connectivity index (χ0v) is 19.4. The van der Waals surface area contributed by atoms with Crippen LogP contribution >= 0.6 is 0 Å². The van der Waals surface area contributed by atoms with Crippen LogP contribution in [0.25, 0.3) is 33.8 Å². The van der Waals surface area contributed by atoms with E-state index in [0.29, 0.717) is 12.5 Å². The Morgan fingerprint density at radius 1 is 1.00 bits per heavy atom. The fourth-order valence-corrected chi connectivity index (χ4v) is 5.14. The number of aryl methyl sites for hydroxylation is 1. The highest BCUT2D eigenvalue weighted by atomic mass is 16.5. The van der Waals surface area contributed by atoms with Gasteiger partial charge in [-0.3, -0.25) is 4.98 Å². The van der Waals surface area contributed by atoms with E-state index in [1.807, 2.05) is 24.5 Å². The van der Waals surface area contributed by atoms with Gasteiger partial charge < -0.3 is 19.8 Å². The smallest absolute Gasteiger partial charge is 0.225 e. The molecule has 0 bridgehead atoms. The topological polar surface area (TPSA) is 99.3 Å². The van der Waals surface area contributed by atoms with Gasteiger partial charge in [0.15, 0.2) is 0 Å². The predicted molar refractivity (Wildman–Crippen MR) is 134 cm³/mol. The summed E-state index contributed by atoms with van der Waals surface area (Å²) >= 11 is 0. The molecule has 0 spiro atoms. The fourth-order valence-electron chi connectivity index (χ4n) is 5.14. The van der Waals surface area contributed by atoms with Gasteiger partial charge in [-0.15, -0.1) is 0 Å². The van der Waals surface area contributed by atoms with Gasteiger partial charge in [0.1, 0.15) is 11.5 Å². The van der Waals surface area contributed by atoms with Crippen LogP contribution in [0.4, 0.5) is 5.95 Å². The fraction of sp³-hybridized carbons (Fsp3) is 0.296. The summed E-state index contributed by atoms with van der Waals surface area (Å²) in [5.41, 5.74) is 8.94. The molecule has 0 radical (unpaired) electrons. The van der Waals surface area contributed by atoms with Crippen LogP contribution in [0.5, 0.6) is 0 Å². The van der Waals surface area contributed by atoms with Crippen molar-refractivity contribution in [2.24, 2.45) is 0 Å². The van der Waals surface area contributed by atoms with Gasteiger partial charge in [-0.2, -0.15) is 0 Å². The van der Waals surface area contributed by atoms with Gasteiger partial charge in [0.25, 0.3) is 0 Å². The lowest BCUT2D eigenvalue weighted by atomic mass is 9.96. The minimum Gasteiger partial charge on any atom is -0.455 e. The van der Waals surface area contributed by atoms with Crippen LogP contribution < -0.4 is 15.7 Å². The molecule has 8 nitrogen and oxygen atoms in total. The second kappa shape index (κ2) is 9.58. The van der Waals surface area contributed by atoms with Crippen LogP contribution in [0.2, 0.25) is 0 Å². The average Bonchev–Trinajstić information content (AvgIpc) is 3.55. The van der Waals surface area contributed by atoms with Gasteiger partial charge in [0, 0.05) is 68.6 Å². The SMILES string of the molecule is ONCC1CCc2cc(-c3cc(-c4cnc(N5CCNCC5)nc4)oc3-c3ccncc3)ccc21. The molecule has 1 aliphatic heterocycles. The number of nitrogens with zero attached hydrogens (tertiary/aromatic N) is 4. The molecule has 3 N–H and O–H groups in total. The van der Waals surface area contributed by atoms with Crippen molar-refractivity contribution in [3.8, 4) is 33.8 Å². The molecule has 0 saturated carbocycles. The van der Waals surface area contributed by atoms with Gasteiger partial charge in [-0.1, -0.05) is 18.2 Å². The second-order valence-electron chi connectivity index (χ2n) is 9.11. The molecule has 0 amide bonds. The van der Waals surface area contributed by atoms with Gasteiger partial charge >= 0.3 is 0 Å². The van der Waals surface area contributed by atoms with Crippen LogP contribution in [-0.4, -0.2) is 52.9 Å². The Labute approximate surface area is 204 Å². The minimum atomic E-state index is 0.343. The van der Waals surface area contributed by atoms with Crippen molar-refractivity contribution in [3.05, 3.63) is 72.3 Å². The number of benzene rings is 1. The molecule has 1 fully saturated rings. The molecule has 4 aromatic rings. The number of aromatic nitrogens is 3. The van der Waals surface area contributed by atoms with Crippen LogP contribution in [0.3, 0.4) is 0 Å². The molecule has 6 rings (SSSR count). The van der Waals surface area contributed by atoms with E-state index < -0.39 is 0 Å². The first-order valence-electron chi connectivity index (χ1n) is 12.1. The van der Waals surface area contributed by atoms with E-state index >= 15 is 0 Å². The molecule has 1 saturated heterocycles. The molecule has 35 heavy (non-hydrogen) atoms. The summed E-state index contributed by atoms with van der Waals surface area (Å²) in [6, 6.07) is 12.6. The maximum atomic E-state index is 9.17. The van der Waals surface area contributed by atoms with Gasteiger partial charge in [0.05, 0.1) is 5.56 Å². The third kappa shape index (κ3) is 4.32. The normalized spacial score (nSPS) is 17.5. The monoisotopic (exact) mass is 468 g/mol. The zero-order valence-electron chi connectivity index (χ0n) is 19.4. The lowest BCUT2D eigenvalue weighted by Gasteiger charge is -2.27. The zero-order chi connectivity index (χ0) is 23.6. The number of anilines is 1. The maximum Gasteiger partial charge on any atom is 0.225 e. The molecule has 1 unspecified atom stereocenters. The quantitative estimate of drug-likeness (QED) is 0.367. The molecule has 4 heterocycles. The van der Waals surface area contributed by atoms with Gasteiger partial charge in [-0.05, 0) is 53.6 Å². The van der Waals surface area contributed by atoms with E-state index in [-0.39, 0.29) is 0 Å². The molecule has 2 aliphatic rings. The number of furan rings is 1. The van der Waals surface area contributed by atoms with E-state index in [1.165, 1.54) is 11.1 Å². The Morgan fingerprint density at radius 3 is 2.57 bits per heavy atom. The van der Waals surface area contributed by atoms with Crippen molar-refractivity contribution in [2.45, 2.75) is 18.8 Å². The molecule has 3 aromatic heterocycles. The molecular formula is C27H28N6O2. The summed E-state index contributed by atoms with van der Waals surface area (Å²) in [5, 5.41) is 12.5. The summed E-state index contributed by atoms with van der Waals surface area (Å²) in [6.07, 6.45) is 9.30. The predicted octanol–water partition coefficient (Wildman–Crippen LogP) is 3.88. The molecular weight excluding hydrogens is 440 g/mol. The number of hydrogen-bond acceptors (Lipinski definition) is 8. The van der Waals surface area contributed by atoms with Gasteiger partial charge in [-0.25, -0.2) is 15.4 Å². The van der Waals surface area contributed by atoms with Crippen molar-refractivity contribution in [1.29, 1.82) is 0 Å². The van der Waals surface area contributed by atoms with Crippen LogP contribution in [0.1, 0.15) is 23.5 Å². The summed E-state index contributed by atoms with van der Waals surface area (Å²) in [4.78, 5) is 15.6. The Morgan fingerprint density at radius 2 is 1.80 bits per heavy atom. The van der Waals surface area contributed by atoms with E-state index in [9.17, 15) is 0 Å². The highest BCUT2D eigenvalue weighted by molar-refractivity contribution is 5.84. The molecule has 1 aliphatic carbocycles. The number of nitrogens with one attached hydrogen (secondary N) is 2. The third-order valence-electron chi connectivity index (χ3n) is 6.99. The lowest BCUT2D eigenvalue weighted by Crippen LogP contribution is -2.44. The number of hydroxylamine groups is 1. The van der Waals surface area contributed by atoms with Crippen LogP contribution in [-0.2, 0) is 6.42 Å². The van der Waals surface area contributed by atoms with Crippen LogP contribution in [0, 0.1) is 0 Å². The average molecular weight is 469 g/mol. The Kier molecular flexibility index (Phi) is 5.99. The Hall–Kier alpha value is -3.59. The van der Waals surface area contributed by atoms with Crippen molar-refractivity contribution in [1.82, 2.24) is 25.7 Å². The maximum absolute atomic E-state index is 9.17. The number of piperazine rings is 1. The summed E-state index contributed by atoms with van der Waals surface area (Å²) in [5.74, 6) is 2.64. The highest BCUT2D eigenvalue weighted by Gasteiger charge is 2.24. The molecule has 1 aromatic carbocycles. The van der Waals surface area contributed by atoms with Crippen molar-refractivity contribution in [2.75, 3.05) is 37.6 Å². The van der Waals surface area contributed by atoms with E-state index in [1.54, 1.807) is 12.4 Å². The number of pyridine rings is 1. The largest absolute Gasteiger partial charge is 0.455 e. The van der Waals surface area contributed by atoms with Crippen molar-refractivity contribution >= 4 is 5.95 Å². The summed E-state index contributed by atoms with van der Waals surface area (Å²) in [6.45, 7) is 4.28. The van der Waals surface area contributed by atoms with E-state index in [0.717, 1.165) is 78.7 Å².